The molecule has 0 aromatic carbocycles. The highest BCUT2D eigenvalue weighted by atomic mass is 16.5. The Morgan fingerprint density at radius 1 is 1.15 bits per heavy atom. The molecule has 4 heterocycles. The Balaban J connectivity index is 1.75. The largest absolute Gasteiger partial charge is 0.481 e. The molecule has 0 atom stereocenters. The molecule has 3 aromatic heterocycles. The van der Waals surface area contributed by atoms with E-state index in [1.54, 1.807) is 41.2 Å². The van der Waals surface area contributed by atoms with Crippen LogP contribution in [0.5, 0.6) is 5.88 Å². The summed E-state index contributed by atoms with van der Waals surface area (Å²) in [5, 5.41) is 4.55. The summed E-state index contributed by atoms with van der Waals surface area (Å²) < 4.78 is 12.1. The van der Waals surface area contributed by atoms with Crippen molar-refractivity contribution in [2.24, 2.45) is 0 Å². The van der Waals surface area contributed by atoms with Crippen LogP contribution in [-0.2, 0) is 4.74 Å². The average Bonchev–Trinajstić information content (AvgIpc) is 3.20. The normalized spacial score (nSPS) is 14.2. The number of carbonyl (C=O) groups is 1. The van der Waals surface area contributed by atoms with Crippen molar-refractivity contribution in [1.29, 1.82) is 0 Å². The highest BCUT2D eigenvalue weighted by molar-refractivity contribution is 5.93. The first kappa shape index (κ1) is 17.2. The van der Waals surface area contributed by atoms with Gasteiger partial charge in [-0.25, -0.2) is 9.67 Å². The number of rotatable bonds is 4. The van der Waals surface area contributed by atoms with Crippen molar-refractivity contribution in [3.63, 3.8) is 0 Å². The highest BCUT2D eigenvalue weighted by Crippen LogP contribution is 2.23. The van der Waals surface area contributed by atoms with Gasteiger partial charge in [0, 0.05) is 25.4 Å². The molecular formula is C19H19N5O3. The Hall–Kier alpha value is -3.26. The fourth-order valence-electron chi connectivity index (χ4n) is 2.93. The van der Waals surface area contributed by atoms with Gasteiger partial charge in [0.1, 0.15) is 0 Å². The van der Waals surface area contributed by atoms with Gasteiger partial charge in [0.25, 0.3) is 5.91 Å². The van der Waals surface area contributed by atoms with E-state index >= 15 is 0 Å². The van der Waals surface area contributed by atoms with Gasteiger partial charge in [0.05, 0.1) is 43.6 Å². The lowest BCUT2D eigenvalue weighted by atomic mass is 10.2. The van der Waals surface area contributed by atoms with Gasteiger partial charge < -0.3 is 14.4 Å². The van der Waals surface area contributed by atoms with E-state index in [-0.39, 0.29) is 5.91 Å². The molecule has 138 valence electrons. The number of hydrogen-bond donors (Lipinski definition) is 0. The first-order valence-corrected chi connectivity index (χ1v) is 8.65. The summed E-state index contributed by atoms with van der Waals surface area (Å²) in [5.74, 6) is 0.394. The summed E-state index contributed by atoms with van der Waals surface area (Å²) in [4.78, 5) is 23.3. The number of amides is 1. The molecule has 0 bridgehead atoms. The lowest BCUT2D eigenvalue weighted by molar-refractivity contribution is 0.0298. The zero-order valence-corrected chi connectivity index (χ0v) is 14.9. The first-order chi connectivity index (χ1) is 13.3. The Kier molecular flexibility index (Phi) is 4.80. The number of methoxy groups -OCH3 is 1. The second kappa shape index (κ2) is 7.55. The Labute approximate surface area is 156 Å². The molecule has 0 radical (unpaired) electrons. The Bertz CT molecular complexity index is 918. The predicted octanol–water partition coefficient (Wildman–Crippen LogP) is 1.81. The molecule has 0 spiro atoms. The van der Waals surface area contributed by atoms with Gasteiger partial charge in [-0.15, -0.1) is 0 Å². The molecule has 1 aliphatic heterocycles. The molecule has 8 nitrogen and oxygen atoms in total. The topological polar surface area (TPSA) is 82.4 Å². The summed E-state index contributed by atoms with van der Waals surface area (Å²) in [5.41, 5.74) is 2.53. The molecule has 1 fully saturated rings. The third-order valence-electron chi connectivity index (χ3n) is 4.33. The van der Waals surface area contributed by atoms with E-state index in [4.69, 9.17) is 9.47 Å². The van der Waals surface area contributed by atoms with Crippen molar-refractivity contribution in [1.82, 2.24) is 24.6 Å². The van der Waals surface area contributed by atoms with Crippen molar-refractivity contribution in [3.8, 4) is 23.0 Å². The summed E-state index contributed by atoms with van der Waals surface area (Å²) >= 11 is 0. The maximum absolute atomic E-state index is 12.9. The fourth-order valence-corrected chi connectivity index (χ4v) is 2.93. The van der Waals surface area contributed by atoms with Crippen molar-refractivity contribution in [2.45, 2.75) is 0 Å². The van der Waals surface area contributed by atoms with Crippen LogP contribution in [0.4, 0.5) is 0 Å². The standard InChI is InChI=1S/C19H19N5O3/c1-26-18-6-5-14(13-21-18)24-17(15-4-2-3-7-20-15)12-16(22-24)19(25)23-8-10-27-11-9-23/h2-7,12-13H,8-11H2,1H3. The van der Waals surface area contributed by atoms with Gasteiger partial charge in [-0.2, -0.15) is 5.10 Å². The second-order valence-electron chi connectivity index (χ2n) is 6.00. The van der Waals surface area contributed by atoms with Gasteiger partial charge in [-0.3, -0.25) is 9.78 Å². The molecule has 4 rings (SSSR count). The van der Waals surface area contributed by atoms with Crippen molar-refractivity contribution in [2.75, 3.05) is 33.4 Å². The minimum atomic E-state index is -0.115. The van der Waals surface area contributed by atoms with Gasteiger partial charge in [0.15, 0.2) is 5.69 Å². The van der Waals surface area contributed by atoms with Crippen molar-refractivity contribution < 1.29 is 14.3 Å². The minimum Gasteiger partial charge on any atom is -0.481 e. The molecule has 1 saturated heterocycles. The van der Waals surface area contributed by atoms with Crippen molar-refractivity contribution in [3.05, 3.63) is 54.5 Å². The number of nitrogens with zero attached hydrogens (tertiary/aromatic N) is 5. The fraction of sp³-hybridized carbons (Fsp3) is 0.263. The van der Waals surface area contributed by atoms with Crippen LogP contribution in [-0.4, -0.2) is 64.0 Å². The molecule has 1 amide bonds. The number of carbonyl (C=O) groups excluding carboxylic acids is 1. The van der Waals surface area contributed by atoms with Gasteiger partial charge in [0.2, 0.25) is 5.88 Å². The third kappa shape index (κ3) is 3.52. The number of morpholine rings is 1. The second-order valence-corrected chi connectivity index (χ2v) is 6.00. The van der Waals surface area contributed by atoms with Gasteiger partial charge in [-0.05, 0) is 24.3 Å². The molecule has 0 aliphatic carbocycles. The SMILES string of the molecule is COc1ccc(-n2nc(C(=O)N3CCOCC3)cc2-c2ccccn2)cn1. The van der Waals surface area contributed by atoms with Crippen LogP contribution in [0.1, 0.15) is 10.5 Å². The molecule has 0 saturated carbocycles. The van der Waals surface area contributed by atoms with Crippen LogP contribution < -0.4 is 4.74 Å². The zero-order chi connectivity index (χ0) is 18.6. The van der Waals surface area contributed by atoms with Crippen molar-refractivity contribution >= 4 is 5.91 Å². The minimum absolute atomic E-state index is 0.115. The zero-order valence-electron chi connectivity index (χ0n) is 14.9. The molecule has 27 heavy (non-hydrogen) atoms. The third-order valence-corrected chi connectivity index (χ3v) is 4.33. The summed E-state index contributed by atoms with van der Waals surface area (Å²) in [7, 11) is 1.56. The van der Waals surface area contributed by atoms with E-state index in [0.717, 1.165) is 17.1 Å². The lowest BCUT2D eigenvalue weighted by Gasteiger charge is -2.25. The summed E-state index contributed by atoms with van der Waals surface area (Å²) in [6, 6.07) is 11.0. The summed E-state index contributed by atoms with van der Waals surface area (Å²) in [6.07, 6.45) is 3.36. The van der Waals surface area contributed by atoms with Crippen LogP contribution in [0.25, 0.3) is 17.1 Å². The van der Waals surface area contributed by atoms with Gasteiger partial charge in [-0.1, -0.05) is 6.07 Å². The van der Waals surface area contributed by atoms with Gasteiger partial charge >= 0.3 is 0 Å². The van der Waals surface area contributed by atoms with Crippen LogP contribution in [0, 0.1) is 0 Å². The number of pyridine rings is 2. The number of ether oxygens (including phenoxy) is 2. The molecule has 0 N–H and O–H groups in total. The molecular weight excluding hydrogens is 346 g/mol. The maximum Gasteiger partial charge on any atom is 0.274 e. The number of hydrogen-bond acceptors (Lipinski definition) is 6. The maximum atomic E-state index is 12.9. The average molecular weight is 365 g/mol. The Morgan fingerprint density at radius 3 is 2.67 bits per heavy atom. The molecule has 1 aliphatic rings. The quantitative estimate of drug-likeness (QED) is 0.701. The monoisotopic (exact) mass is 365 g/mol. The van der Waals surface area contributed by atoms with E-state index in [2.05, 4.69) is 15.1 Å². The van der Waals surface area contributed by atoms with E-state index in [9.17, 15) is 4.79 Å². The first-order valence-electron chi connectivity index (χ1n) is 8.65. The lowest BCUT2D eigenvalue weighted by Crippen LogP contribution is -2.40. The van der Waals surface area contributed by atoms with Crippen LogP contribution in [0.15, 0.2) is 48.8 Å². The van der Waals surface area contributed by atoms with E-state index in [1.165, 1.54) is 0 Å². The molecule has 8 heteroatoms. The molecule has 3 aromatic rings. The van der Waals surface area contributed by atoms with Crippen LogP contribution in [0.3, 0.4) is 0 Å². The van der Waals surface area contributed by atoms with E-state index in [0.29, 0.717) is 37.9 Å². The van der Waals surface area contributed by atoms with E-state index in [1.807, 2.05) is 24.3 Å². The Morgan fingerprint density at radius 2 is 2.00 bits per heavy atom. The highest BCUT2D eigenvalue weighted by Gasteiger charge is 2.23. The number of aromatic nitrogens is 4. The summed E-state index contributed by atoms with van der Waals surface area (Å²) in [6.45, 7) is 2.22. The van der Waals surface area contributed by atoms with Crippen LogP contribution >= 0.6 is 0 Å². The van der Waals surface area contributed by atoms with Crippen LogP contribution in [0.2, 0.25) is 0 Å². The molecule has 0 unspecified atom stereocenters. The van der Waals surface area contributed by atoms with E-state index < -0.39 is 0 Å². The smallest absolute Gasteiger partial charge is 0.274 e. The predicted molar refractivity (Wildman–Crippen MR) is 97.9 cm³/mol.